The van der Waals surface area contributed by atoms with Crippen LogP contribution in [0.2, 0.25) is 5.02 Å². The molecule has 2 fully saturated rings. The highest BCUT2D eigenvalue weighted by molar-refractivity contribution is 6.33. The van der Waals surface area contributed by atoms with Crippen LogP contribution in [0, 0.1) is 0 Å². The van der Waals surface area contributed by atoms with Crippen molar-refractivity contribution in [1.29, 1.82) is 0 Å². The molecule has 2 aromatic rings. The number of nitrogens with one attached hydrogen (secondary N) is 1. The van der Waals surface area contributed by atoms with E-state index >= 15 is 0 Å². The van der Waals surface area contributed by atoms with Crippen molar-refractivity contribution in [2.45, 2.75) is 82.8 Å². The molecule has 2 amide bonds. The molecule has 1 aromatic carbocycles. The molecule has 0 saturated heterocycles. The summed E-state index contributed by atoms with van der Waals surface area (Å²) in [6, 6.07) is 7.43. The van der Waals surface area contributed by atoms with Gasteiger partial charge in [-0.1, -0.05) is 62.3 Å². The Balaban J connectivity index is 1.48. The Labute approximate surface area is 188 Å². The van der Waals surface area contributed by atoms with Crippen LogP contribution < -0.4 is 5.32 Å². The fourth-order valence-corrected chi connectivity index (χ4v) is 4.91. The highest BCUT2D eigenvalue weighted by Gasteiger charge is 2.29. The van der Waals surface area contributed by atoms with Crippen LogP contribution >= 0.6 is 11.6 Å². The summed E-state index contributed by atoms with van der Waals surface area (Å²) in [6.07, 6.45) is 12.2. The molecule has 7 heteroatoms. The maximum Gasteiger partial charge on any atom is 0.273 e. The average molecular weight is 444 g/mol. The Kier molecular flexibility index (Phi) is 7.28. The average Bonchev–Trinajstić information content (AvgIpc) is 3.28. The number of amides is 2. The second-order valence-corrected chi connectivity index (χ2v) is 9.05. The number of hydrogen-bond acceptors (Lipinski definition) is 4. The summed E-state index contributed by atoms with van der Waals surface area (Å²) < 4.78 is 5.61. The normalized spacial score (nSPS) is 18.0. The molecular formula is C24H30ClN3O3. The molecule has 0 atom stereocenters. The number of nitrogens with zero attached hydrogens (tertiary/aromatic N) is 2. The second kappa shape index (κ2) is 10.3. The molecule has 0 radical (unpaired) electrons. The first-order chi connectivity index (χ1) is 15.1. The molecule has 0 bridgehead atoms. The topological polar surface area (TPSA) is 75.4 Å². The maximum absolute atomic E-state index is 13.4. The molecule has 2 aliphatic rings. The summed E-state index contributed by atoms with van der Waals surface area (Å²) in [5, 5.41) is 3.50. The van der Waals surface area contributed by atoms with Gasteiger partial charge in [0.15, 0.2) is 5.69 Å². The van der Waals surface area contributed by atoms with E-state index in [-0.39, 0.29) is 36.1 Å². The maximum atomic E-state index is 13.4. The minimum Gasteiger partial charge on any atom is -0.446 e. The molecule has 2 aliphatic carbocycles. The van der Waals surface area contributed by atoms with Crippen LogP contribution in [-0.2, 0) is 6.54 Å². The molecule has 1 N–H and O–H groups in total. The zero-order valence-electron chi connectivity index (χ0n) is 17.8. The first kappa shape index (κ1) is 21.9. The summed E-state index contributed by atoms with van der Waals surface area (Å²) >= 11 is 6.30. The van der Waals surface area contributed by atoms with Crippen LogP contribution in [0.15, 0.2) is 34.9 Å². The van der Waals surface area contributed by atoms with E-state index in [2.05, 4.69) is 10.3 Å². The summed E-state index contributed by atoms with van der Waals surface area (Å²) in [5.41, 5.74) is 0.755. The molecule has 0 unspecified atom stereocenters. The van der Waals surface area contributed by atoms with Gasteiger partial charge in [0.2, 0.25) is 5.89 Å². The lowest BCUT2D eigenvalue weighted by Gasteiger charge is -2.33. The first-order valence-corrected chi connectivity index (χ1v) is 11.8. The predicted molar refractivity (Wildman–Crippen MR) is 119 cm³/mol. The predicted octanol–water partition coefficient (Wildman–Crippen LogP) is 5.37. The Bertz CT molecular complexity index is 901. The number of rotatable bonds is 6. The van der Waals surface area contributed by atoms with Gasteiger partial charge in [0.05, 0.1) is 17.1 Å². The van der Waals surface area contributed by atoms with Gasteiger partial charge in [-0.25, -0.2) is 4.98 Å². The molecule has 4 rings (SSSR count). The van der Waals surface area contributed by atoms with Crippen LogP contribution in [0.1, 0.15) is 90.9 Å². The number of benzene rings is 1. The minimum atomic E-state index is -0.205. The van der Waals surface area contributed by atoms with Crippen LogP contribution in [0.5, 0.6) is 0 Å². The van der Waals surface area contributed by atoms with Crippen molar-refractivity contribution in [2.75, 3.05) is 0 Å². The smallest absolute Gasteiger partial charge is 0.273 e. The molecule has 0 spiro atoms. The van der Waals surface area contributed by atoms with Gasteiger partial charge in [0, 0.05) is 12.1 Å². The standard InChI is InChI=1S/C24H30ClN3O3/c25-20-14-8-7-13-19(20)24(30)28(18-11-5-2-6-12-18)15-22-27-21(16-31-22)23(29)26-17-9-3-1-4-10-17/h7-8,13-14,16-18H,1-6,9-12,15H2,(H,26,29). The molecular weight excluding hydrogens is 414 g/mol. The van der Waals surface area contributed by atoms with Gasteiger partial charge in [-0.3, -0.25) is 9.59 Å². The molecule has 1 aromatic heterocycles. The van der Waals surface area contributed by atoms with E-state index in [1.54, 1.807) is 12.1 Å². The minimum absolute atomic E-state index is 0.115. The molecule has 2 saturated carbocycles. The van der Waals surface area contributed by atoms with Crippen molar-refractivity contribution >= 4 is 23.4 Å². The summed E-state index contributed by atoms with van der Waals surface area (Å²) in [6.45, 7) is 0.228. The van der Waals surface area contributed by atoms with E-state index in [9.17, 15) is 9.59 Å². The van der Waals surface area contributed by atoms with Crippen LogP contribution in [0.3, 0.4) is 0 Å². The number of hydrogen-bond donors (Lipinski definition) is 1. The summed E-state index contributed by atoms with van der Waals surface area (Å²) in [5.74, 6) is 0.0484. The molecule has 0 aliphatic heterocycles. The SMILES string of the molecule is O=C(NC1CCCCC1)c1coc(CN(C(=O)c2ccccc2Cl)C2CCCCC2)n1. The monoisotopic (exact) mass is 443 g/mol. The van der Waals surface area contributed by atoms with Gasteiger partial charge < -0.3 is 14.6 Å². The largest absolute Gasteiger partial charge is 0.446 e. The van der Waals surface area contributed by atoms with Gasteiger partial charge in [-0.15, -0.1) is 0 Å². The lowest BCUT2D eigenvalue weighted by molar-refractivity contribution is 0.0592. The number of halogens is 1. The van der Waals surface area contributed by atoms with E-state index in [1.165, 1.54) is 19.1 Å². The van der Waals surface area contributed by atoms with E-state index in [4.69, 9.17) is 16.0 Å². The van der Waals surface area contributed by atoms with Crippen LogP contribution in [0.4, 0.5) is 0 Å². The van der Waals surface area contributed by atoms with Crippen LogP contribution in [-0.4, -0.2) is 33.8 Å². The number of carbonyl (C=O) groups excluding carboxylic acids is 2. The number of oxazole rings is 1. The second-order valence-electron chi connectivity index (χ2n) is 8.64. The van der Waals surface area contributed by atoms with Gasteiger partial charge in [-0.2, -0.15) is 0 Å². The molecule has 1 heterocycles. The first-order valence-electron chi connectivity index (χ1n) is 11.4. The van der Waals surface area contributed by atoms with Crippen LogP contribution in [0.25, 0.3) is 0 Å². The van der Waals surface area contributed by atoms with Gasteiger partial charge in [0.25, 0.3) is 11.8 Å². The van der Waals surface area contributed by atoms with E-state index in [1.807, 2.05) is 17.0 Å². The lowest BCUT2D eigenvalue weighted by atomic mass is 9.93. The van der Waals surface area contributed by atoms with E-state index in [0.717, 1.165) is 51.4 Å². The van der Waals surface area contributed by atoms with Gasteiger partial charge in [-0.05, 0) is 37.8 Å². The summed E-state index contributed by atoms with van der Waals surface area (Å²) in [4.78, 5) is 32.2. The Morgan fingerprint density at radius 1 is 1.03 bits per heavy atom. The highest BCUT2D eigenvalue weighted by Crippen LogP contribution is 2.27. The van der Waals surface area contributed by atoms with E-state index in [0.29, 0.717) is 16.5 Å². The Hall–Kier alpha value is -2.34. The molecule has 6 nitrogen and oxygen atoms in total. The quantitative estimate of drug-likeness (QED) is 0.651. The fraction of sp³-hybridized carbons (Fsp3) is 0.542. The van der Waals surface area contributed by atoms with Crippen molar-refractivity contribution < 1.29 is 14.0 Å². The van der Waals surface area contributed by atoms with E-state index < -0.39 is 0 Å². The molecule has 31 heavy (non-hydrogen) atoms. The van der Waals surface area contributed by atoms with Crippen molar-refractivity contribution in [2.24, 2.45) is 0 Å². The Morgan fingerprint density at radius 3 is 2.42 bits per heavy atom. The summed E-state index contributed by atoms with van der Waals surface area (Å²) in [7, 11) is 0. The third-order valence-corrected chi connectivity index (χ3v) is 6.74. The number of aromatic nitrogens is 1. The number of carbonyl (C=O) groups is 2. The highest BCUT2D eigenvalue weighted by atomic mass is 35.5. The Morgan fingerprint density at radius 2 is 1.71 bits per heavy atom. The van der Waals surface area contributed by atoms with Gasteiger partial charge in [0.1, 0.15) is 6.26 Å². The lowest BCUT2D eigenvalue weighted by Crippen LogP contribution is -2.41. The zero-order valence-corrected chi connectivity index (χ0v) is 18.6. The molecule has 166 valence electrons. The third kappa shape index (κ3) is 5.48. The fourth-order valence-electron chi connectivity index (χ4n) is 4.69. The van der Waals surface area contributed by atoms with Crippen molar-refractivity contribution in [3.63, 3.8) is 0 Å². The van der Waals surface area contributed by atoms with Gasteiger partial charge >= 0.3 is 0 Å². The van der Waals surface area contributed by atoms with Crippen molar-refractivity contribution in [3.8, 4) is 0 Å². The zero-order chi connectivity index (χ0) is 21.6. The van der Waals surface area contributed by atoms with Crippen molar-refractivity contribution in [3.05, 3.63) is 52.7 Å². The third-order valence-electron chi connectivity index (χ3n) is 6.41. The van der Waals surface area contributed by atoms with Crippen molar-refractivity contribution in [1.82, 2.24) is 15.2 Å².